The lowest BCUT2D eigenvalue weighted by Crippen LogP contribution is -2.62. The van der Waals surface area contributed by atoms with Crippen LogP contribution in [0, 0.1) is 59.2 Å². The Morgan fingerprint density at radius 2 is 1.03 bits per heavy atom. The van der Waals surface area contributed by atoms with Crippen LogP contribution in [0.3, 0.4) is 0 Å². The number of hydrogen-bond acceptors (Lipinski definition) is 18. The lowest BCUT2D eigenvalue weighted by atomic mass is 9.84. The number of aliphatic hydroxyl groups excluding tert-OH is 1. The molecule has 32 heteroatoms. The Kier molecular flexibility index (Phi) is 37.8. The van der Waals surface area contributed by atoms with Crippen molar-refractivity contribution in [3.63, 3.8) is 0 Å². The largest absolute Gasteiger partial charge is 0.481 e. The fraction of sp³-hybridized carbons (Fsp3) is 0.713. The first kappa shape index (κ1) is 97.0. The number of primary amides is 1. The van der Waals surface area contributed by atoms with Gasteiger partial charge in [0.15, 0.2) is 17.3 Å². The van der Waals surface area contributed by atoms with Crippen LogP contribution >= 0.6 is 0 Å². The predicted octanol–water partition coefficient (Wildman–Crippen LogP) is 4.49. The van der Waals surface area contributed by atoms with E-state index in [-0.39, 0.29) is 98.4 Å². The minimum absolute atomic E-state index is 0.00996. The molecule has 14 atom stereocenters. The number of ketones is 3. The average molecular weight is 1580 g/mol. The summed E-state index contributed by atoms with van der Waals surface area (Å²) in [4.78, 5) is 243. The second-order valence-corrected chi connectivity index (χ2v) is 33.2. The number of nitrogens with one attached hydrogen (secondary N) is 4. The molecule has 112 heavy (non-hydrogen) atoms. The van der Waals surface area contributed by atoms with E-state index >= 15 is 19.2 Å². The summed E-state index contributed by atoms with van der Waals surface area (Å²) in [6.07, 6.45) is -4.59. The smallest absolute Gasteiger partial charge is 0.303 e. The lowest BCUT2D eigenvalue weighted by molar-refractivity contribution is -0.157. The quantitative estimate of drug-likeness (QED) is 0.0643. The summed E-state index contributed by atoms with van der Waals surface area (Å²) in [5.74, 6) is -18.3. The fourth-order valence-corrected chi connectivity index (χ4v) is 14.4. The summed E-state index contributed by atoms with van der Waals surface area (Å²) in [5, 5.41) is 39.0. The molecule has 0 unspecified atom stereocenters. The van der Waals surface area contributed by atoms with Crippen molar-refractivity contribution in [3.05, 3.63) is 29.6 Å². The number of hydrogen-bond donors (Lipinski definition) is 8. The van der Waals surface area contributed by atoms with E-state index in [2.05, 4.69) is 25.9 Å². The molecule has 1 aromatic heterocycles. The van der Waals surface area contributed by atoms with Crippen LogP contribution in [0.2, 0.25) is 0 Å². The standard InChI is InChI=1S/C80H129N13O19/c1-24-50-38-63(96)69(70(102)47(14)36-64-83-53-26-25-51(37-56(53)84-64)73(105)86-55(28-30-67(100)101)74(106)85-54(71(81)103)27-29-66(98)99)93(23)80(112)68(46(12)13)92(22)79(111)60(34-44(8)9)91(21)78(110)59(33-43(6)7)90(20)75(107)49(16)82-72(104)48(15)35-61(94)58(32-42(4)5)89(19)77(109)52(45(10)11)39-62(95)57(31-41(2)3)88(18)65(97)40-87(17)76(50)108/h25-26,37,41-50,52,54-55,57-60,68-70,102H,24,27-36,38-40H2,1-23H3,(H2,81,103)(H,82,104)(H,83,84)(H,85,106)(H,86,105)(H,98,99)(H,100,101)/t47-,48-,49-,50-,52+,54+,55+,57+,58+,59+,60+,68+,69-,70-/m1/s1. The Balaban J connectivity index is 2.33. The Labute approximate surface area is 659 Å². The Morgan fingerprint density at radius 1 is 0.554 bits per heavy atom. The van der Waals surface area contributed by atoms with Gasteiger partial charge in [0.05, 0.1) is 35.8 Å². The van der Waals surface area contributed by atoms with Gasteiger partial charge in [-0.05, 0) is 111 Å². The van der Waals surface area contributed by atoms with Gasteiger partial charge in [-0.25, -0.2) is 4.98 Å². The number of aromatic nitrogens is 2. The lowest BCUT2D eigenvalue weighted by Gasteiger charge is -2.41. The number of rotatable bonds is 26. The number of carbonyl (C=O) groups excluding carboxylic acids is 14. The predicted molar refractivity (Wildman–Crippen MR) is 418 cm³/mol. The molecule has 0 bridgehead atoms. The normalized spacial score (nSPS) is 23.8. The number of aliphatic carboxylic acids is 2. The van der Waals surface area contributed by atoms with E-state index in [1.54, 1.807) is 41.5 Å². The minimum Gasteiger partial charge on any atom is -0.481 e. The van der Waals surface area contributed by atoms with E-state index in [9.17, 15) is 72.9 Å². The third kappa shape index (κ3) is 27.3. The summed E-state index contributed by atoms with van der Waals surface area (Å²) >= 11 is 0. The van der Waals surface area contributed by atoms with Gasteiger partial charge >= 0.3 is 11.9 Å². The van der Waals surface area contributed by atoms with E-state index in [0.717, 1.165) is 9.80 Å². The third-order valence-electron chi connectivity index (χ3n) is 21.2. The molecule has 628 valence electrons. The monoisotopic (exact) mass is 1580 g/mol. The van der Waals surface area contributed by atoms with E-state index in [0.29, 0.717) is 5.52 Å². The van der Waals surface area contributed by atoms with Crippen LogP contribution in [-0.4, -0.2) is 270 Å². The van der Waals surface area contributed by atoms with Crippen molar-refractivity contribution in [1.29, 1.82) is 0 Å². The number of carbonyl (C=O) groups is 16. The molecule has 11 amide bonds. The number of nitrogens with two attached hydrogens (primary N) is 1. The van der Waals surface area contributed by atoms with Crippen molar-refractivity contribution < 1.29 is 92.0 Å². The summed E-state index contributed by atoms with van der Waals surface area (Å²) in [7, 11) is 9.80. The van der Waals surface area contributed by atoms with E-state index in [4.69, 9.17) is 5.73 Å². The fourth-order valence-electron chi connectivity index (χ4n) is 14.4. The molecule has 1 aliphatic rings. The van der Waals surface area contributed by atoms with Crippen molar-refractivity contribution in [1.82, 2.24) is 60.2 Å². The Hall–Kier alpha value is -9.23. The maximum atomic E-state index is 15.7. The molecule has 1 fully saturated rings. The van der Waals surface area contributed by atoms with Crippen molar-refractivity contribution in [2.24, 2.45) is 64.9 Å². The van der Waals surface area contributed by atoms with Gasteiger partial charge in [-0.15, -0.1) is 0 Å². The molecule has 9 N–H and O–H groups in total. The molecule has 0 aliphatic carbocycles. The van der Waals surface area contributed by atoms with Gasteiger partial charge < -0.3 is 76.3 Å². The van der Waals surface area contributed by atoms with Crippen molar-refractivity contribution in [2.75, 3.05) is 55.9 Å². The number of fused-ring (bicyclic) bond motifs is 1. The van der Waals surface area contributed by atoms with Gasteiger partial charge in [0, 0.05) is 111 Å². The van der Waals surface area contributed by atoms with Crippen molar-refractivity contribution >= 4 is 105 Å². The maximum absolute atomic E-state index is 15.7. The number of benzene rings is 1. The highest BCUT2D eigenvalue weighted by molar-refractivity contribution is 6.02. The number of nitrogens with zero attached hydrogens (tertiary/aromatic N) is 8. The number of imidazole rings is 1. The van der Waals surface area contributed by atoms with Gasteiger partial charge in [-0.3, -0.25) is 76.7 Å². The number of carboxylic acid groups (broad SMARTS) is 2. The molecule has 0 spiro atoms. The summed E-state index contributed by atoms with van der Waals surface area (Å²) in [6, 6.07) is -7.80. The first-order valence-electron chi connectivity index (χ1n) is 39.1. The molecule has 1 aliphatic heterocycles. The zero-order chi connectivity index (χ0) is 85.7. The average Bonchev–Trinajstić information content (AvgIpc) is 1.14. The highest BCUT2D eigenvalue weighted by Crippen LogP contribution is 2.30. The van der Waals surface area contributed by atoms with Gasteiger partial charge in [0.2, 0.25) is 59.1 Å². The first-order valence-corrected chi connectivity index (χ1v) is 39.1. The molecule has 2 heterocycles. The van der Waals surface area contributed by atoms with Gasteiger partial charge in [-0.1, -0.05) is 104 Å². The molecule has 3 rings (SSSR count). The molecular formula is C80H129N13O19. The molecule has 1 saturated heterocycles. The second kappa shape index (κ2) is 43.7. The van der Waals surface area contributed by atoms with Crippen molar-refractivity contribution in [2.45, 2.75) is 255 Å². The number of carboxylic acids is 2. The number of aromatic amines is 1. The highest BCUT2D eigenvalue weighted by atomic mass is 16.4. The number of amides is 11. The highest BCUT2D eigenvalue weighted by Gasteiger charge is 2.46. The topological polar surface area (TPSA) is 447 Å². The molecule has 32 nitrogen and oxygen atoms in total. The minimum atomic E-state index is -1.77. The van der Waals surface area contributed by atoms with E-state index in [1.165, 1.54) is 106 Å². The van der Waals surface area contributed by atoms with Crippen LogP contribution in [0.25, 0.3) is 11.0 Å². The van der Waals surface area contributed by atoms with E-state index < -0.39 is 222 Å². The van der Waals surface area contributed by atoms with Crippen LogP contribution < -0.4 is 21.7 Å². The summed E-state index contributed by atoms with van der Waals surface area (Å²) in [6.45, 7) is 27.4. The van der Waals surface area contributed by atoms with Crippen molar-refractivity contribution in [3.8, 4) is 0 Å². The molecular weight excluding hydrogens is 1450 g/mol. The zero-order valence-corrected chi connectivity index (χ0v) is 70.2. The van der Waals surface area contributed by atoms with Crippen LogP contribution in [0.5, 0.6) is 0 Å². The van der Waals surface area contributed by atoms with E-state index in [1.807, 2.05) is 55.4 Å². The summed E-state index contributed by atoms with van der Waals surface area (Å²) < 4.78 is 0. The zero-order valence-electron chi connectivity index (χ0n) is 70.2. The molecule has 0 saturated carbocycles. The number of H-pyrrole nitrogens is 1. The first-order chi connectivity index (χ1) is 51.9. The van der Waals surface area contributed by atoms with Gasteiger partial charge in [0.1, 0.15) is 48.1 Å². The van der Waals surface area contributed by atoms with Crippen LogP contribution in [0.1, 0.15) is 204 Å². The van der Waals surface area contributed by atoms with Gasteiger partial charge in [-0.2, -0.15) is 0 Å². The van der Waals surface area contributed by atoms with Gasteiger partial charge in [0.25, 0.3) is 5.91 Å². The van der Waals surface area contributed by atoms with Crippen LogP contribution in [0.4, 0.5) is 0 Å². The van der Waals surface area contributed by atoms with Crippen LogP contribution in [0.15, 0.2) is 18.2 Å². The Morgan fingerprint density at radius 3 is 1.52 bits per heavy atom. The maximum Gasteiger partial charge on any atom is 0.303 e. The third-order valence-corrected chi connectivity index (χ3v) is 21.2. The molecule has 1 aromatic carbocycles. The SMILES string of the molecule is CC[C@@H]1CC(=O)[C@H]([C@H](O)[C@H](C)Cc2nc3ccc(C(=O)N[C@@H](CCC(=O)O)C(=O)N[C@@H](CCC(=O)O)C(N)=O)cc3[nH]2)N(C)C(=O)[C@H](C(C)C)N(C)C(=O)[C@H](CC(C)C)N(C)C(=O)[C@H](CC(C)C)N(C)C(=O)[C@@H](C)NC(=O)[C@H](C)CC(=O)[C@H](CC(C)C)N(C)C(=O)[C@H](C(C)C)CC(=O)[C@H](CC(C)C)N(C)C(=O)CN(C)C1=O. The molecule has 2 aromatic rings. The van der Waals surface area contributed by atoms with Crippen LogP contribution in [-0.2, 0) is 78.3 Å². The Bertz CT molecular complexity index is 3680. The number of Topliss-reactive ketones (excluding diaryl/α,β-unsaturated/α-hetero) is 3. The summed E-state index contributed by atoms with van der Waals surface area (Å²) in [5.41, 5.74) is 5.92. The number of aliphatic hydroxyl groups is 1. The number of likely N-dealkylation sites (N-methyl/N-ethyl adjacent to an activating group) is 7. The second-order valence-electron chi connectivity index (χ2n) is 33.2. The molecule has 0 radical (unpaired) electrons.